The highest BCUT2D eigenvalue weighted by Gasteiger charge is 2.33. The number of fused-ring (bicyclic) bond motifs is 1. The standard InChI is InChI=1S/C25H30N2O3/c1-5-29-19-11-9-18(10-12-19)22-8-7-15-27(22)25(28)24-17(3)26(4)23-14-13-20(30-6-2)16-21(23)24/h9-14,16,22H,5-8,15H2,1-4H3/t22-/m1/s1. The van der Waals surface area contributed by atoms with Gasteiger partial charge in [-0.1, -0.05) is 12.1 Å². The molecule has 5 heteroatoms. The van der Waals surface area contributed by atoms with Gasteiger partial charge in [-0.3, -0.25) is 4.79 Å². The third-order valence-electron chi connectivity index (χ3n) is 6.08. The molecule has 1 aliphatic heterocycles. The zero-order valence-electron chi connectivity index (χ0n) is 18.3. The van der Waals surface area contributed by atoms with Crippen LogP contribution in [0.15, 0.2) is 42.5 Å². The monoisotopic (exact) mass is 406 g/mol. The van der Waals surface area contributed by atoms with Gasteiger partial charge >= 0.3 is 0 Å². The van der Waals surface area contributed by atoms with Gasteiger partial charge in [0.05, 0.1) is 24.8 Å². The molecule has 4 rings (SSSR count). The third-order valence-corrected chi connectivity index (χ3v) is 6.08. The molecule has 3 aromatic rings. The maximum Gasteiger partial charge on any atom is 0.256 e. The lowest BCUT2D eigenvalue weighted by Crippen LogP contribution is -2.31. The Morgan fingerprint density at radius 2 is 1.70 bits per heavy atom. The first-order valence-corrected chi connectivity index (χ1v) is 10.8. The number of carbonyl (C=O) groups excluding carboxylic acids is 1. The predicted molar refractivity (Wildman–Crippen MR) is 119 cm³/mol. The van der Waals surface area contributed by atoms with E-state index < -0.39 is 0 Å². The molecule has 1 aromatic heterocycles. The zero-order chi connectivity index (χ0) is 21.3. The largest absolute Gasteiger partial charge is 0.494 e. The third kappa shape index (κ3) is 3.53. The van der Waals surface area contributed by atoms with E-state index >= 15 is 0 Å². The molecule has 0 N–H and O–H groups in total. The van der Waals surface area contributed by atoms with Crippen LogP contribution in [0, 0.1) is 6.92 Å². The van der Waals surface area contributed by atoms with E-state index in [-0.39, 0.29) is 11.9 Å². The SMILES string of the molecule is CCOc1ccc([C@H]2CCCN2C(=O)c2c(C)n(C)c3ccc(OCC)cc23)cc1. The Morgan fingerprint density at radius 1 is 1.03 bits per heavy atom. The summed E-state index contributed by atoms with van der Waals surface area (Å²) in [5.41, 5.74) is 3.99. The minimum absolute atomic E-state index is 0.0953. The van der Waals surface area contributed by atoms with Crippen molar-refractivity contribution in [3.8, 4) is 11.5 Å². The summed E-state index contributed by atoms with van der Waals surface area (Å²) < 4.78 is 13.4. The number of aryl methyl sites for hydroxylation is 1. The highest BCUT2D eigenvalue weighted by molar-refractivity contribution is 6.09. The number of amides is 1. The molecule has 1 saturated heterocycles. The molecule has 0 aliphatic carbocycles. The van der Waals surface area contributed by atoms with Crippen LogP contribution in [0.5, 0.6) is 11.5 Å². The van der Waals surface area contributed by atoms with Crippen LogP contribution in [0.25, 0.3) is 10.9 Å². The van der Waals surface area contributed by atoms with Crippen molar-refractivity contribution in [2.24, 2.45) is 7.05 Å². The zero-order valence-corrected chi connectivity index (χ0v) is 18.3. The minimum Gasteiger partial charge on any atom is -0.494 e. The van der Waals surface area contributed by atoms with E-state index in [4.69, 9.17) is 9.47 Å². The maximum atomic E-state index is 13.8. The quantitative estimate of drug-likeness (QED) is 0.561. The summed E-state index contributed by atoms with van der Waals surface area (Å²) in [6, 6.07) is 14.3. The molecule has 2 heterocycles. The molecule has 158 valence electrons. The fraction of sp³-hybridized carbons (Fsp3) is 0.400. The first kappa shape index (κ1) is 20.3. The second-order valence-corrected chi connectivity index (χ2v) is 7.79. The smallest absolute Gasteiger partial charge is 0.256 e. The fourth-order valence-corrected chi connectivity index (χ4v) is 4.53. The van der Waals surface area contributed by atoms with Crippen molar-refractivity contribution in [2.75, 3.05) is 19.8 Å². The molecule has 0 radical (unpaired) electrons. The van der Waals surface area contributed by atoms with Gasteiger partial charge in [-0.25, -0.2) is 0 Å². The Labute approximate surface area is 178 Å². The predicted octanol–water partition coefficient (Wildman–Crippen LogP) is 5.26. The number of hydrogen-bond acceptors (Lipinski definition) is 3. The molecule has 1 fully saturated rings. The van der Waals surface area contributed by atoms with Crippen LogP contribution in [0.2, 0.25) is 0 Å². The van der Waals surface area contributed by atoms with Crippen molar-refractivity contribution in [3.05, 3.63) is 59.3 Å². The highest BCUT2D eigenvalue weighted by Crippen LogP contribution is 2.37. The summed E-state index contributed by atoms with van der Waals surface area (Å²) in [4.78, 5) is 15.8. The molecule has 1 atom stereocenters. The van der Waals surface area contributed by atoms with E-state index in [1.54, 1.807) is 0 Å². The molecule has 1 aliphatic rings. The Morgan fingerprint density at radius 3 is 2.40 bits per heavy atom. The Hall–Kier alpha value is -2.95. The van der Waals surface area contributed by atoms with Crippen molar-refractivity contribution in [3.63, 3.8) is 0 Å². The molecule has 5 nitrogen and oxygen atoms in total. The number of ether oxygens (including phenoxy) is 2. The summed E-state index contributed by atoms with van der Waals surface area (Å²) in [6.07, 6.45) is 1.99. The van der Waals surface area contributed by atoms with E-state index in [0.29, 0.717) is 13.2 Å². The number of likely N-dealkylation sites (tertiary alicyclic amines) is 1. The highest BCUT2D eigenvalue weighted by atomic mass is 16.5. The normalized spacial score (nSPS) is 16.3. The topological polar surface area (TPSA) is 43.7 Å². The first-order chi connectivity index (χ1) is 14.5. The van der Waals surface area contributed by atoms with Crippen molar-refractivity contribution >= 4 is 16.8 Å². The van der Waals surface area contributed by atoms with Crippen LogP contribution in [0.1, 0.15) is 54.3 Å². The number of benzene rings is 2. The van der Waals surface area contributed by atoms with Gasteiger partial charge in [0.1, 0.15) is 11.5 Å². The van der Waals surface area contributed by atoms with E-state index in [1.165, 1.54) is 0 Å². The van der Waals surface area contributed by atoms with E-state index in [2.05, 4.69) is 16.7 Å². The first-order valence-electron chi connectivity index (χ1n) is 10.8. The lowest BCUT2D eigenvalue weighted by molar-refractivity contribution is 0.0736. The van der Waals surface area contributed by atoms with Gasteiger partial charge in [0.15, 0.2) is 0 Å². The van der Waals surface area contributed by atoms with Crippen LogP contribution in [-0.2, 0) is 7.05 Å². The number of rotatable bonds is 6. The van der Waals surface area contributed by atoms with Gasteiger partial charge in [0, 0.05) is 30.2 Å². The van der Waals surface area contributed by atoms with Crippen LogP contribution in [0.3, 0.4) is 0 Å². The summed E-state index contributed by atoms with van der Waals surface area (Å²) >= 11 is 0. The Bertz CT molecular complexity index is 1050. The van der Waals surface area contributed by atoms with Crippen LogP contribution >= 0.6 is 0 Å². The molecule has 0 spiro atoms. The molecule has 30 heavy (non-hydrogen) atoms. The van der Waals surface area contributed by atoms with Crippen LogP contribution in [0.4, 0.5) is 0 Å². The van der Waals surface area contributed by atoms with E-state index in [0.717, 1.165) is 58.6 Å². The summed E-state index contributed by atoms with van der Waals surface area (Å²) in [7, 11) is 2.02. The van der Waals surface area contributed by atoms with Crippen molar-refractivity contribution in [1.82, 2.24) is 9.47 Å². The molecular weight excluding hydrogens is 376 g/mol. The number of hydrogen-bond donors (Lipinski definition) is 0. The summed E-state index contributed by atoms with van der Waals surface area (Å²) in [5.74, 6) is 1.77. The van der Waals surface area contributed by atoms with Gasteiger partial charge in [-0.05, 0) is 69.5 Å². The summed E-state index contributed by atoms with van der Waals surface area (Å²) in [6.45, 7) is 8.00. The average molecular weight is 407 g/mol. The van der Waals surface area contributed by atoms with Crippen LogP contribution < -0.4 is 9.47 Å². The van der Waals surface area contributed by atoms with Gasteiger partial charge in [-0.15, -0.1) is 0 Å². The van der Waals surface area contributed by atoms with Crippen molar-refractivity contribution in [2.45, 2.75) is 39.7 Å². The van der Waals surface area contributed by atoms with E-state index in [9.17, 15) is 4.79 Å². The molecule has 2 aromatic carbocycles. The van der Waals surface area contributed by atoms with E-state index in [1.807, 2.05) is 63.1 Å². The van der Waals surface area contributed by atoms with Crippen molar-refractivity contribution in [1.29, 1.82) is 0 Å². The Kier molecular flexibility index (Phi) is 5.71. The van der Waals surface area contributed by atoms with Gasteiger partial charge in [0.25, 0.3) is 5.91 Å². The van der Waals surface area contributed by atoms with Crippen molar-refractivity contribution < 1.29 is 14.3 Å². The Balaban J connectivity index is 1.70. The second-order valence-electron chi connectivity index (χ2n) is 7.79. The second kappa shape index (κ2) is 8.42. The van der Waals surface area contributed by atoms with Gasteiger partial charge in [-0.2, -0.15) is 0 Å². The molecule has 0 saturated carbocycles. The molecule has 0 bridgehead atoms. The molecular formula is C25H30N2O3. The lowest BCUT2D eigenvalue weighted by atomic mass is 10.0. The minimum atomic E-state index is 0.0953. The maximum absolute atomic E-state index is 13.8. The number of nitrogens with zero attached hydrogens (tertiary/aromatic N) is 2. The molecule has 0 unspecified atom stereocenters. The van der Waals surface area contributed by atoms with Gasteiger partial charge in [0.2, 0.25) is 0 Å². The molecule has 1 amide bonds. The summed E-state index contributed by atoms with van der Waals surface area (Å²) in [5, 5.41) is 0.961. The lowest BCUT2D eigenvalue weighted by Gasteiger charge is -2.25. The van der Waals surface area contributed by atoms with Gasteiger partial charge < -0.3 is 18.9 Å². The number of aromatic nitrogens is 1. The van der Waals surface area contributed by atoms with Crippen LogP contribution in [-0.4, -0.2) is 35.1 Å². The fourth-order valence-electron chi connectivity index (χ4n) is 4.53. The average Bonchev–Trinajstić information content (AvgIpc) is 3.33. The number of carbonyl (C=O) groups is 1.